The highest BCUT2D eigenvalue weighted by Crippen LogP contribution is 2.44. The number of hydrogen-bond acceptors (Lipinski definition) is 3. The van der Waals surface area contributed by atoms with Crippen LogP contribution >= 0.6 is 0 Å². The van der Waals surface area contributed by atoms with Crippen LogP contribution in [0.3, 0.4) is 0 Å². The normalized spacial score (nSPS) is 28.9. The summed E-state index contributed by atoms with van der Waals surface area (Å²) in [6.45, 7) is 1.93. The van der Waals surface area contributed by atoms with E-state index in [2.05, 4.69) is 0 Å². The van der Waals surface area contributed by atoms with E-state index in [1.165, 1.54) is 4.31 Å². The van der Waals surface area contributed by atoms with Gasteiger partial charge in [-0.1, -0.05) is 29.8 Å². The van der Waals surface area contributed by atoms with Crippen LogP contribution < -0.4 is 0 Å². The van der Waals surface area contributed by atoms with E-state index in [1.807, 2.05) is 25.1 Å². The van der Waals surface area contributed by atoms with Crippen molar-refractivity contribution < 1.29 is 18.3 Å². The Labute approximate surface area is 124 Å². The molecule has 114 valence electrons. The summed E-state index contributed by atoms with van der Waals surface area (Å²) in [6.07, 6.45) is 1.89. The first kappa shape index (κ1) is 14.5. The molecule has 1 aromatic rings. The summed E-state index contributed by atoms with van der Waals surface area (Å²) in [5, 5.41) is 9.22. The number of carbonyl (C=O) groups is 1. The smallest absolute Gasteiger partial charge is 0.308 e. The third kappa shape index (κ3) is 2.58. The number of carboxylic acid groups (broad SMARTS) is 1. The van der Waals surface area contributed by atoms with E-state index in [9.17, 15) is 18.3 Å². The van der Waals surface area contributed by atoms with Gasteiger partial charge >= 0.3 is 5.97 Å². The highest BCUT2D eigenvalue weighted by Gasteiger charge is 2.53. The molecule has 3 atom stereocenters. The molecular formula is C15H19NO4S. The van der Waals surface area contributed by atoms with Gasteiger partial charge in [0.15, 0.2) is 0 Å². The summed E-state index contributed by atoms with van der Waals surface area (Å²) in [5.41, 5.74) is 1.78. The molecule has 2 aliphatic rings. The lowest BCUT2D eigenvalue weighted by Gasteiger charge is -2.22. The molecule has 2 saturated heterocycles. The second-order valence-corrected chi connectivity index (χ2v) is 7.93. The van der Waals surface area contributed by atoms with E-state index in [1.54, 1.807) is 6.07 Å². The lowest BCUT2D eigenvalue weighted by Crippen LogP contribution is -2.38. The average molecular weight is 309 g/mol. The van der Waals surface area contributed by atoms with Crippen LogP contribution in [0.5, 0.6) is 0 Å². The number of rotatable bonds is 4. The first-order valence-electron chi connectivity index (χ1n) is 7.18. The Hall–Kier alpha value is -1.40. The van der Waals surface area contributed by atoms with E-state index in [4.69, 9.17) is 0 Å². The zero-order valence-electron chi connectivity index (χ0n) is 11.9. The lowest BCUT2D eigenvalue weighted by atomic mass is 9.89. The molecule has 2 heterocycles. The second kappa shape index (κ2) is 5.10. The van der Waals surface area contributed by atoms with Gasteiger partial charge in [-0.25, -0.2) is 8.42 Å². The fraction of sp³-hybridized carbons (Fsp3) is 0.533. The van der Waals surface area contributed by atoms with Gasteiger partial charge < -0.3 is 5.11 Å². The molecule has 1 N–H and O–H groups in total. The summed E-state index contributed by atoms with van der Waals surface area (Å²) in [4.78, 5) is 11.2. The monoisotopic (exact) mass is 309 g/mol. The van der Waals surface area contributed by atoms with E-state index >= 15 is 0 Å². The first-order chi connectivity index (χ1) is 9.88. The topological polar surface area (TPSA) is 74.7 Å². The number of carboxylic acids is 1. The Kier molecular flexibility index (Phi) is 3.53. The molecule has 21 heavy (non-hydrogen) atoms. The molecule has 1 aromatic carbocycles. The first-order valence-corrected chi connectivity index (χ1v) is 8.79. The van der Waals surface area contributed by atoms with Crippen molar-refractivity contribution in [3.05, 3.63) is 35.4 Å². The Morgan fingerprint density at radius 3 is 2.76 bits per heavy atom. The Morgan fingerprint density at radius 2 is 2.14 bits per heavy atom. The number of aryl methyl sites for hydroxylation is 1. The van der Waals surface area contributed by atoms with Gasteiger partial charge in [-0.3, -0.25) is 4.79 Å². The van der Waals surface area contributed by atoms with Crippen LogP contribution in [-0.2, 0) is 20.6 Å². The van der Waals surface area contributed by atoms with Crippen molar-refractivity contribution in [2.45, 2.75) is 44.0 Å². The van der Waals surface area contributed by atoms with Gasteiger partial charge in [-0.05, 0) is 31.7 Å². The molecule has 3 rings (SSSR count). The van der Waals surface area contributed by atoms with Crippen LogP contribution in [0.1, 0.15) is 30.4 Å². The molecule has 0 saturated carbocycles. The van der Waals surface area contributed by atoms with E-state index < -0.39 is 21.9 Å². The largest absolute Gasteiger partial charge is 0.481 e. The molecule has 0 radical (unpaired) electrons. The SMILES string of the molecule is Cc1cccc(CS(=O)(=O)N2C3CCC2C(C(=O)O)C3)c1. The van der Waals surface area contributed by atoms with Crippen molar-refractivity contribution >= 4 is 16.0 Å². The maximum Gasteiger partial charge on any atom is 0.308 e. The van der Waals surface area contributed by atoms with E-state index in [0.29, 0.717) is 12.8 Å². The molecule has 2 fully saturated rings. The number of nitrogens with zero attached hydrogens (tertiary/aromatic N) is 1. The molecule has 3 unspecified atom stereocenters. The van der Waals surface area contributed by atoms with Gasteiger partial charge in [-0.2, -0.15) is 4.31 Å². The van der Waals surface area contributed by atoms with Gasteiger partial charge in [-0.15, -0.1) is 0 Å². The van der Waals surface area contributed by atoms with Crippen molar-refractivity contribution in [3.63, 3.8) is 0 Å². The summed E-state index contributed by atoms with van der Waals surface area (Å²) >= 11 is 0. The summed E-state index contributed by atoms with van der Waals surface area (Å²) < 4.78 is 26.8. The van der Waals surface area contributed by atoms with E-state index in [0.717, 1.165) is 17.5 Å². The summed E-state index contributed by atoms with van der Waals surface area (Å²) in [5.74, 6) is -1.47. The highest BCUT2D eigenvalue weighted by molar-refractivity contribution is 7.88. The van der Waals surface area contributed by atoms with Gasteiger partial charge in [0.25, 0.3) is 0 Å². The molecule has 6 heteroatoms. The number of aliphatic carboxylic acids is 1. The zero-order valence-corrected chi connectivity index (χ0v) is 12.7. The number of fused-ring (bicyclic) bond motifs is 2. The third-order valence-electron chi connectivity index (χ3n) is 4.54. The fourth-order valence-corrected chi connectivity index (χ4v) is 5.79. The second-order valence-electron chi connectivity index (χ2n) is 6.05. The maximum atomic E-state index is 12.7. The lowest BCUT2D eigenvalue weighted by molar-refractivity contribution is -0.142. The van der Waals surface area contributed by atoms with Gasteiger partial charge in [0.2, 0.25) is 10.0 Å². The van der Waals surface area contributed by atoms with Crippen LogP contribution in [-0.4, -0.2) is 35.9 Å². The Morgan fingerprint density at radius 1 is 1.38 bits per heavy atom. The van der Waals surface area contributed by atoms with Crippen molar-refractivity contribution in [3.8, 4) is 0 Å². The number of benzene rings is 1. The molecule has 2 aliphatic heterocycles. The fourth-order valence-electron chi connectivity index (χ4n) is 3.72. The molecule has 2 bridgehead atoms. The van der Waals surface area contributed by atoms with Crippen molar-refractivity contribution in [1.29, 1.82) is 0 Å². The predicted octanol–water partition coefficient (Wildman–Crippen LogP) is 1.76. The highest BCUT2D eigenvalue weighted by atomic mass is 32.2. The van der Waals surface area contributed by atoms with Crippen LogP contribution in [0.2, 0.25) is 0 Å². The maximum absolute atomic E-state index is 12.7. The van der Waals surface area contributed by atoms with Crippen LogP contribution in [0.4, 0.5) is 0 Å². The molecular weight excluding hydrogens is 290 g/mol. The average Bonchev–Trinajstić information content (AvgIpc) is 2.96. The minimum absolute atomic E-state index is 0.0476. The van der Waals surface area contributed by atoms with Gasteiger partial charge in [0, 0.05) is 12.1 Å². The Bertz CT molecular complexity index is 670. The number of hydrogen-bond donors (Lipinski definition) is 1. The quantitative estimate of drug-likeness (QED) is 0.919. The minimum atomic E-state index is -3.46. The van der Waals surface area contributed by atoms with Crippen molar-refractivity contribution in [2.75, 3.05) is 0 Å². The molecule has 0 spiro atoms. The van der Waals surface area contributed by atoms with Crippen LogP contribution in [0.25, 0.3) is 0 Å². The summed E-state index contributed by atoms with van der Waals surface area (Å²) in [6, 6.07) is 6.95. The molecule has 0 aromatic heterocycles. The molecule has 5 nitrogen and oxygen atoms in total. The summed E-state index contributed by atoms with van der Waals surface area (Å²) in [7, 11) is -3.46. The van der Waals surface area contributed by atoms with Crippen molar-refractivity contribution in [2.24, 2.45) is 5.92 Å². The van der Waals surface area contributed by atoms with Crippen molar-refractivity contribution in [1.82, 2.24) is 4.31 Å². The van der Waals surface area contributed by atoms with Crippen LogP contribution in [0.15, 0.2) is 24.3 Å². The minimum Gasteiger partial charge on any atom is -0.481 e. The van der Waals surface area contributed by atoms with E-state index in [-0.39, 0.29) is 17.8 Å². The predicted molar refractivity (Wildman–Crippen MR) is 78.2 cm³/mol. The Balaban J connectivity index is 1.84. The van der Waals surface area contributed by atoms with Gasteiger partial charge in [0.05, 0.1) is 11.7 Å². The standard InChI is InChI=1S/C15H19NO4S/c1-10-3-2-4-11(7-10)9-21(19,20)16-12-5-6-14(16)13(8-12)15(17)18/h2-4,7,12-14H,5-6,8-9H2,1H3,(H,17,18). The molecule has 0 aliphatic carbocycles. The number of sulfonamides is 1. The van der Waals surface area contributed by atoms with Gasteiger partial charge in [0.1, 0.15) is 0 Å². The molecule has 0 amide bonds. The van der Waals surface area contributed by atoms with Crippen LogP contribution in [0, 0.1) is 12.8 Å². The zero-order chi connectivity index (χ0) is 15.2. The third-order valence-corrected chi connectivity index (χ3v) is 6.45.